The summed E-state index contributed by atoms with van der Waals surface area (Å²) >= 11 is 0. The molecule has 13 heavy (non-hydrogen) atoms. The summed E-state index contributed by atoms with van der Waals surface area (Å²) in [5.41, 5.74) is 0. The summed E-state index contributed by atoms with van der Waals surface area (Å²) in [5.74, 6) is 0.0782. The number of hydrogen-bond acceptors (Lipinski definition) is 3. The first-order valence-corrected chi connectivity index (χ1v) is 4.76. The minimum Gasteiger partial charge on any atom is -0.394 e. The zero-order valence-corrected chi connectivity index (χ0v) is 8.21. The molecule has 0 aliphatic carbocycles. The van der Waals surface area contributed by atoms with Crippen LogP contribution in [0, 0.1) is 0 Å². The third kappa shape index (κ3) is 9.30. The van der Waals surface area contributed by atoms with E-state index in [-0.39, 0.29) is 12.5 Å². The summed E-state index contributed by atoms with van der Waals surface area (Å²) in [4.78, 5) is 11.0. The Kier molecular flexibility index (Phi) is 9.03. The molecular formula is C9H19NO3. The highest BCUT2D eigenvalue weighted by atomic mass is 16.5. The van der Waals surface area contributed by atoms with Gasteiger partial charge in [0.25, 0.3) is 0 Å². The molecule has 4 heteroatoms. The number of carbonyl (C=O) groups excluding carboxylic acids is 1. The third-order valence-corrected chi connectivity index (χ3v) is 1.56. The van der Waals surface area contributed by atoms with Gasteiger partial charge in [0.1, 0.15) is 0 Å². The van der Waals surface area contributed by atoms with Crippen LogP contribution >= 0.6 is 0 Å². The number of aliphatic hydroxyl groups excluding tert-OH is 1. The van der Waals surface area contributed by atoms with Crippen LogP contribution in [0.15, 0.2) is 0 Å². The quantitative estimate of drug-likeness (QED) is 0.540. The van der Waals surface area contributed by atoms with Crippen molar-refractivity contribution in [3.8, 4) is 0 Å². The van der Waals surface area contributed by atoms with Crippen LogP contribution in [0.4, 0.5) is 0 Å². The van der Waals surface area contributed by atoms with Gasteiger partial charge in [-0.15, -0.1) is 0 Å². The molecule has 78 valence electrons. The summed E-state index contributed by atoms with van der Waals surface area (Å²) in [5, 5.41) is 11.1. The van der Waals surface area contributed by atoms with Crippen molar-refractivity contribution in [2.45, 2.75) is 26.2 Å². The SMILES string of the molecule is CCCCC(=O)NCCOCCO. The molecule has 0 fully saturated rings. The van der Waals surface area contributed by atoms with Crippen LogP contribution in [-0.4, -0.2) is 37.4 Å². The maximum Gasteiger partial charge on any atom is 0.220 e. The van der Waals surface area contributed by atoms with Crippen LogP contribution in [0.1, 0.15) is 26.2 Å². The van der Waals surface area contributed by atoms with E-state index in [2.05, 4.69) is 12.2 Å². The van der Waals surface area contributed by atoms with Gasteiger partial charge in [-0.25, -0.2) is 0 Å². The van der Waals surface area contributed by atoms with Crippen LogP contribution in [0.3, 0.4) is 0 Å². The Hall–Kier alpha value is -0.610. The van der Waals surface area contributed by atoms with E-state index in [0.29, 0.717) is 26.2 Å². The van der Waals surface area contributed by atoms with Gasteiger partial charge in [-0.3, -0.25) is 4.79 Å². The van der Waals surface area contributed by atoms with E-state index < -0.39 is 0 Å². The fourth-order valence-electron chi connectivity index (χ4n) is 0.855. The normalized spacial score (nSPS) is 10.0. The molecule has 0 aromatic rings. The van der Waals surface area contributed by atoms with Crippen molar-refractivity contribution in [2.75, 3.05) is 26.4 Å². The fourth-order valence-corrected chi connectivity index (χ4v) is 0.855. The summed E-state index contributed by atoms with van der Waals surface area (Å²) in [6, 6.07) is 0. The lowest BCUT2D eigenvalue weighted by Gasteiger charge is -2.04. The Bertz CT molecular complexity index is 128. The second-order valence-corrected chi connectivity index (χ2v) is 2.79. The summed E-state index contributed by atoms with van der Waals surface area (Å²) < 4.78 is 4.97. The first kappa shape index (κ1) is 12.4. The smallest absolute Gasteiger partial charge is 0.220 e. The molecule has 0 aromatic carbocycles. The number of ether oxygens (including phenoxy) is 1. The number of hydrogen-bond donors (Lipinski definition) is 2. The average molecular weight is 189 g/mol. The molecule has 0 aliphatic heterocycles. The molecule has 0 atom stereocenters. The predicted molar refractivity (Wildman–Crippen MR) is 50.4 cm³/mol. The van der Waals surface area contributed by atoms with Gasteiger partial charge in [0.15, 0.2) is 0 Å². The van der Waals surface area contributed by atoms with Crippen LogP contribution in [0.25, 0.3) is 0 Å². The fraction of sp³-hybridized carbons (Fsp3) is 0.889. The number of amides is 1. The van der Waals surface area contributed by atoms with Crippen molar-refractivity contribution in [3.05, 3.63) is 0 Å². The third-order valence-electron chi connectivity index (χ3n) is 1.56. The molecule has 0 saturated heterocycles. The standard InChI is InChI=1S/C9H19NO3/c1-2-3-4-9(12)10-5-7-13-8-6-11/h11H,2-8H2,1H3,(H,10,12). The molecular weight excluding hydrogens is 170 g/mol. The van der Waals surface area contributed by atoms with Crippen LogP contribution < -0.4 is 5.32 Å². The first-order chi connectivity index (χ1) is 6.31. The van der Waals surface area contributed by atoms with Crippen molar-refractivity contribution in [1.29, 1.82) is 0 Å². The molecule has 0 bridgehead atoms. The Morgan fingerprint density at radius 1 is 1.46 bits per heavy atom. The van der Waals surface area contributed by atoms with E-state index in [9.17, 15) is 4.79 Å². The lowest BCUT2D eigenvalue weighted by molar-refractivity contribution is -0.121. The maximum atomic E-state index is 11.0. The van der Waals surface area contributed by atoms with Gasteiger partial charge >= 0.3 is 0 Å². The molecule has 0 unspecified atom stereocenters. The summed E-state index contributed by atoms with van der Waals surface area (Å²) in [6.07, 6.45) is 2.56. The Balaban J connectivity index is 3.08. The number of carbonyl (C=O) groups is 1. The monoisotopic (exact) mass is 189 g/mol. The minimum absolute atomic E-state index is 0.0315. The van der Waals surface area contributed by atoms with Crippen molar-refractivity contribution in [3.63, 3.8) is 0 Å². The topological polar surface area (TPSA) is 58.6 Å². The van der Waals surface area contributed by atoms with Gasteiger partial charge in [0.05, 0.1) is 19.8 Å². The highest BCUT2D eigenvalue weighted by Gasteiger charge is 1.98. The summed E-state index contributed by atoms with van der Waals surface area (Å²) in [6.45, 7) is 3.42. The first-order valence-electron chi connectivity index (χ1n) is 4.76. The highest BCUT2D eigenvalue weighted by Crippen LogP contribution is 1.92. The van der Waals surface area contributed by atoms with Gasteiger partial charge < -0.3 is 15.2 Å². The van der Waals surface area contributed by atoms with E-state index in [1.807, 2.05) is 0 Å². The second kappa shape index (κ2) is 9.48. The van der Waals surface area contributed by atoms with E-state index in [1.54, 1.807) is 0 Å². The largest absolute Gasteiger partial charge is 0.394 e. The second-order valence-electron chi connectivity index (χ2n) is 2.79. The zero-order valence-electron chi connectivity index (χ0n) is 8.21. The molecule has 0 saturated carbocycles. The van der Waals surface area contributed by atoms with Crippen LogP contribution in [0.2, 0.25) is 0 Å². The van der Waals surface area contributed by atoms with Crippen molar-refractivity contribution >= 4 is 5.91 Å². The van der Waals surface area contributed by atoms with Gasteiger partial charge in [0.2, 0.25) is 5.91 Å². The minimum atomic E-state index is 0.0315. The Morgan fingerprint density at radius 2 is 2.23 bits per heavy atom. The molecule has 0 spiro atoms. The van der Waals surface area contributed by atoms with Crippen LogP contribution in [0.5, 0.6) is 0 Å². The molecule has 1 amide bonds. The number of nitrogens with one attached hydrogen (secondary N) is 1. The average Bonchev–Trinajstić information content (AvgIpc) is 2.14. The summed E-state index contributed by atoms with van der Waals surface area (Å²) in [7, 11) is 0. The maximum absolute atomic E-state index is 11.0. The van der Waals surface area contributed by atoms with Crippen molar-refractivity contribution in [2.24, 2.45) is 0 Å². The van der Waals surface area contributed by atoms with Gasteiger partial charge in [-0.1, -0.05) is 13.3 Å². The molecule has 2 N–H and O–H groups in total. The number of unbranched alkanes of at least 4 members (excludes halogenated alkanes) is 1. The Morgan fingerprint density at radius 3 is 2.85 bits per heavy atom. The molecule has 4 nitrogen and oxygen atoms in total. The Labute approximate surface area is 79.3 Å². The van der Waals surface area contributed by atoms with E-state index in [4.69, 9.17) is 9.84 Å². The van der Waals surface area contributed by atoms with E-state index in [1.165, 1.54) is 0 Å². The van der Waals surface area contributed by atoms with Crippen molar-refractivity contribution in [1.82, 2.24) is 5.32 Å². The van der Waals surface area contributed by atoms with Crippen LogP contribution in [-0.2, 0) is 9.53 Å². The highest BCUT2D eigenvalue weighted by molar-refractivity contribution is 5.75. The molecule has 0 rings (SSSR count). The lowest BCUT2D eigenvalue weighted by atomic mass is 10.2. The van der Waals surface area contributed by atoms with Gasteiger partial charge in [-0.2, -0.15) is 0 Å². The molecule has 0 radical (unpaired) electrons. The van der Waals surface area contributed by atoms with Gasteiger partial charge in [0, 0.05) is 13.0 Å². The van der Waals surface area contributed by atoms with Crippen molar-refractivity contribution < 1.29 is 14.6 Å². The van der Waals surface area contributed by atoms with E-state index >= 15 is 0 Å². The van der Waals surface area contributed by atoms with Gasteiger partial charge in [-0.05, 0) is 6.42 Å². The number of aliphatic hydroxyl groups is 1. The molecule has 0 aromatic heterocycles. The molecule has 0 heterocycles. The predicted octanol–water partition coefficient (Wildman–Crippen LogP) is 0.302. The molecule has 0 aliphatic rings. The lowest BCUT2D eigenvalue weighted by Crippen LogP contribution is -2.27. The number of rotatable bonds is 8. The van der Waals surface area contributed by atoms with E-state index in [0.717, 1.165) is 12.8 Å². The zero-order chi connectivity index (χ0) is 9.94.